The fourth-order valence-electron chi connectivity index (χ4n) is 3.24. The highest BCUT2D eigenvalue weighted by molar-refractivity contribution is 14.0. The van der Waals surface area contributed by atoms with E-state index in [9.17, 15) is 12.8 Å². The first-order valence-corrected chi connectivity index (χ1v) is 11.7. The summed E-state index contributed by atoms with van der Waals surface area (Å²) in [6.07, 6.45) is 4.59. The molecular formula is C19H26FIN4O2S2. The number of thiazole rings is 1. The number of nitrogens with zero attached hydrogens (tertiary/aromatic N) is 3. The van der Waals surface area contributed by atoms with E-state index in [4.69, 9.17) is 4.98 Å². The Morgan fingerprint density at radius 2 is 2.03 bits per heavy atom. The molecule has 1 aliphatic carbocycles. The molecule has 1 heterocycles. The lowest BCUT2D eigenvalue weighted by Crippen LogP contribution is -2.40. The molecule has 6 nitrogen and oxygen atoms in total. The van der Waals surface area contributed by atoms with E-state index in [1.54, 1.807) is 18.4 Å². The molecule has 0 atom stereocenters. The molecule has 0 bridgehead atoms. The smallest absolute Gasteiger partial charge is 0.193 e. The van der Waals surface area contributed by atoms with Gasteiger partial charge in [-0.3, -0.25) is 4.99 Å². The molecule has 29 heavy (non-hydrogen) atoms. The number of rotatable bonds is 6. The number of aromatic nitrogens is 1. The number of aliphatic imine (C=N–C) groups is 1. The van der Waals surface area contributed by atoms with E-state index in [1.165, 1.54) is 41.6 Å². The molecule has 10 heteroatoms. The lowest BCUT2D eigenvalue weighted by Gasteiger charge is -2.21. The SMILES string of the molecule is CN=C(NCCS(=O)(=O)c1ccccc1F)N(C)Cc1nc2c(s1)CCCC2.I. The van der Waals surface area contributed by atoms with Crippen molar-refractivity contribution >= 4 is 51.1 Å². The molecule has 0 fully saturated rings. The first-order valence-electron chi connectivity index (χ1n) is 9.27. The number of hydrogen-bond donors (Lipinski definition) is 1. The summed E-state index contributed by atoms with van der Waals surface area (Å²) >= 11 is 1.75. The lowest BCUT2D eigenvalue weighted by atomic mass is 10.0. The summed E-state index contributed by atoms with van der Waals surface area (Å²) in [5.41, 5.74) is 1.22. The highest BCUT2D eigenvalue weighted by Gasteiger charge is 2.20. The Labute approximate surface area is 192 Å². The van der Waals surface area contributed by atoms with Gasteiger partial charge in [-0.15, -0.1) is 35.3 Å². The van der Waals surface area contributed by atoms with Gasteiger partial charge in [0.2, 0.25) is 0 Å². The van der Waals surface area contributed by atoms with Crippen LogP contribution in [0.5, 0.6) is 0 Å². The molecule has 3 rings (SSSR count). The maximum atomic E-state index is 13.8. The predicted molar refractivity (Wildman–Crippen MR) is 125 cm³/mol. The molecule has 0 spiro atoms. The highest BCUT2D eigenvalue weighted by Crippen LogP contribution is 2.27. The Balaban J connectivity index is 0.00000300. The van der Waals surface area contributed by atoms with Gasteiger partial charge in [0.15, 0.2) is 15.8 Å². The van der Waals surface area contributed by atoms with Crippen molar-refractivity contribution in [3.8, 4) is 0 Å². The van der Waals surface area contributed by atoms with E-state index in [0.29, 0.717) is 12.5 Å². The second-order valence-corrected chi connectivity index (χ2v) is 10.0. The van der Waals surface area contributed by atoms with Gasteiger partial charge in [0.25, 0.3) is 0 Å². The minimum absolute atomic E-state index is 0. The molecule has 160 valence electrons. The van der Waals surface area contributed by atoms with Gasteiger partial charge in [-0.05, 0) is 37.8 Å². The molecule has 1 aromatic heterocycles. The number of halogens is 2. The average molecular weight is 552 g/mol. The number of fused-ring (bicyclic) bond motifs is 1. The largest absolute Gasteiger partial charge is 0.355 e. The van der Waals surface area contributed by atoms with Gasteiger partial charge in [0.1, 0.15) is 15.7 Å². The van der Waals surface area contributed by atoms with Crippen LogP contribution in [0.2, 0.25) is 0 Å². The number of guanidine groups is 1. The molecule has 1 aliphatic rings. The third-order valence-corrected chi connectivity index (χ3v) is 7.55. The van der Waals surface area contributed by atoms with Gasteiger partial charge in [-0.25, -0.2) is 17.8 Å². The molecule has 0 saturated carbocycles. The fraction of sp³-hybridized carbons (Fsp3) is 0.474. The first-order chi connectivity index (χ1) is 13.4. The highest BCUT2D eigenvalue weighted by atomic mass is 127. The number of sulfone groups is 1. The molecular weight excluding hydrogens is 526 g/mol. The van der Waals surface area contributed by atoms with Crippen LogP contribution in [0.25, 0.3) is 0 Å². The summed E-state index contributed by atoms with van der Waals surface area (Å²) in [5, 5.41) is 4.09. The van der Waals surface area contributed by atoms with Crippen molar-refractivity contribution in [1.29, 1.82) is 0 Å². The summed E-state index contributed by atoms with van der Waals surface area (Å²) in [4.78, 5) is 12.0. The van der Waals surface area contributed by atoms with E-state index in [1.807, 2.05) is 11.9 Å². The third kappa shape index (κ3) is 6.11. The maximum absolute atomic E-state index is 13.8. The zero-order valence-electron chi connectivity index (χ0n) is 16.5. The van der Waals surface area contributed by atoms with Crippen molar-refractivity contribution in [2.24, 2.45) is 4.99 Å². The Morgan fingerprint density at radius 3 is 2.72 bits per heavy atom. The Bertz CT molecular complexity index is 939. The van der Waals surface area contributed by atoms with Crippen LogP contribution >= 0.6 is 35.3 Å². The van der Waals surface area contributed by atoms with E-state index in [0.717, 1.165) is 23.9 Å². The summed E-state index contributed by atoms with van der Waals surface area (Å²) in [6, 6.07) is 5.43. The minimum atomic E-state index is -3.70. The maximum Gasteiger partial charge on any atom is 0.193 e. The first kappa shape index (κ1) is 24.0. The molecule has 2 aromatic rings. The molecule has 0 saturated heterocycles. The van der Waals surface area contributed by atoms with Crippen molar-refractivity contribution in [3.63, 3.8) is 0 Å². The molecule has 0 amide bonds. The van der Waals surface area contributed by atoms with Crippen LogP contribution in [0, 0.1) is 5.82 Å². The lowest BCUT2D eigenvalue weighted by molar-refractivity contribution is 0.476. The molecule has 0 radical (unpaired) electrons. The van der Waals surface area contributed by atoms with Gasteiger partial charge < -0.3 is 10.2 Å². The summed E-state index contributed by atoms with van der Waals surface area (Å²) in [6.45, 7) is 0.749. The van der Waals surface area contributed by atoms with Crippen molar-refractivity contribution in [1.82, 2.24) is 15.2 Å². The zero-order chi connectivity index (χ0) is 20.1. The van der Waals surface area contributed by atoms with E-state index >= 15 is 0 Å². The fourth-order valence-corrected chi connectivity index (χ4v) is 5.69. The quantitative estimate of drug-likeness (QED) is 0.339. The van der Waals surface area contributed by atoms with Crippen LogP contribution in [-0.2, 0) is 29.2 Å². The van der Waals surface area contributed by atoms with Gasteiger partial charge >= 0.3 is 0 Å². The topological polar surface area (TPSA) is 74.7 Å². The van der Waals surface area contributed by atoms with Crippen LogP contribution in [0.1, 0.15) is 28.4 Å². The monoisotopic (exact) mass is 552 g/mol. The van der Waals surface area contributed by atoms with Gasteiger partial charge in [0, 0.05) is 25.5 Å². The second kappa shape index (κ2) is 10.7. The average Bonchev–Trinajstić information content (AvgIpc) is 3.07. The van der Waals surface area contributed by atoms with Gasteiger partial charge in [0.05, 0.1) is 18.0 Å². The van der Waals surface area contributed by atoms with Gasteiger partial charge in [-0.2, -0.15) is 0 Å². The third-order valence-electron chi connectivity index (χ3n) is 4.66. The number of aryl methyl sites for hydroxylation is 2. The predicted octanol–water partition coefficient (Wildman–Crippen LogP) is 3.26. The summed E-state index contributed by atoms with van der Waals surface area (Å²) in [7, 11) is -0.163. The number of nitrogens with one attached hydrogen (secondary N) is 1. The van der Waals surface area contributed by atoms with Crippen molar-refractivity contribution in [2.75, 3.05) is 26.4 Å². The van der Waals surface area contributed by atoms with Crippen LogP contribution in [0.3, 0.4) is 0 Å². The zero-order valence-corrected chi connectivity index (χ0v) is 20.5. The van der Waals surface area contributed by atoms with Crippen molar-refractivity contribution < 1.29 is 12.8 Å². The minimum Gasteiger partial charge on any atom is -0.355 e. The molecule has 1 aromatic carbocycles. The van der Waals surface area contributed by atoms with Crippen molar-refractivity contribution in [2.45, 2.75) is 37.1 Å². The van der Waals surface area contributed by atoms with E-state index in [-0.39, 0.29) is 41.2 Å². The van der Waals surface area contributed by atoms with E-state index in [2.05, 4.69) is 10.3 Å². The Morgan fingerprint density at radius 1 is 1.31 bits per heavy atom. The van der Waals surface area contributed by atoms with Crippen LogP contribution in [0.4, 0.5) is 4.39 Å². The number of benzene rings is 1. The molecule has 0 unspecified atom stereocenters. The van der Waals surface area contributed by atoms with Gasteiger partial charge in [-0.1, -0.05) is 12.1 Å². The Kier molecular flexibility index (Phi) is 8.83. The summed E-state index contributed by atoms with van der Waals surface area (Å²) < 4.78 is 38.5. The molecule has 1 N–H and O–H groups in total. The van der Waals surface area contributed by atoms with Crippen LogP contribution in [0.15, 0.2) is 34.2 Å². The van der Waals surface area contributed by atoms with Crippen LogP contribution in [-0.4, -0.2) is 50.7 Å². The second-order valence-electron chi connectivity index (χ2n) is 6.76. The van der Waals surface area contributed by atoms with E-state index < -0.39 is 15.7 Å². The summed E-state index contributed by atoms with van der Waals surface area (Å²) in [5.74, 6) is -0.361. The number of hydrogen-bond acceptors (Lipinski definition) is 5. The Hall–Kier alpha value is -1.27. The molecule has 0 aliphatic heterocycles. The van der Waals surface area contributed by atoms with Crippen LogP contribution < -0.4 is 5.32 Å². The van der Waals surface area contributed by atoms with Crippen molar-refractivity contribution in [3.05, 3.63) is 45.7 Å². The standard InChI is InChI=1S/C19H25FN4O2S2.HI/c1-21-19(22-11-12-28(25,26)17-10-6-3-7-14(17)20)24(2)13-18-23-15-8-4-5-9-16(15)27-18;/h3,6-7,10H,4-5,8-9,11-13H2,1-2H3,(H,21,22);1H. The normalized spacial score (nSPS) is 14.1.